The Hall–Kier alpha value is -1.65. The van der Waals surface area contributed by atoms with Crippen molar-refractivity contribution in [2.24, 2.45) is 17.6 Å². The van der Waals surface area contributed by atoms with E-state index in [2.05, 4.69) is 54.2 Å². The molecule has 1 aromatic carbocycles. The molecule has 22 heavy (non-hydrogen) atoms. The van der Waals surface area contributed by atoms with E-state index in [1.807, 2.05) is 0 Å². The fourth-order valence-corrected chi connectivity index (χ4v) is 3.14. The third kappa shape index (κ3) is 3.39. The summed E-state index contributed by atoms with van der Waals surface area (Å²) in [7, 11) is 0. The van der Waals surface area contributed by atoms with Gasteiger partial charge in [-0.15, -0.1) is 0 Å². The Morgan fingerprint density at radius 1 is 1.32 bits per heavy atom. The quantitative estimate of drug-likeness (QED) is 0.942. The molecule has 0 amide bonds. The summed E-state index contributed by atoms with van der Waals surface area (Å²) in [5, 5.41) is 4.21. The second kappa shape index (κ2) is 6.63. The molecule has 2 aromatic rings. The zero-order valence-corrected chi connectivity index (χ0v) is 13.5. The zero-order valence-electron chi connectivity index (χ0n) is 13.5. The van der Waals surface area contributed by atoms with Gasteiger partial charge in [0.2, 0.25) is 0 Å². The Balaban J connectivity index is 1.65. The molecule has 1 fully saturated rings. The van der Waals surface area contributed by atoms with E-state index in [9.17, 15) is 0 Å². The minimum Gasteiger partial charge on any atom is -0.359 e. The number of benzene rings is 1. The van der Waals surface area contributed by atoms with Crippen LogP contribution in [0.15, 0.2) is 34.9 Å². The third-order valence-electron chi connectivity index (χ3n) is 4.79. The van der Waals surface area contributed by atoms with Crippen LogP contribution in [-0.2, 0) is 6.54 Å². The normalized spacial score (nSPS) is 22.9. The fourth-order valence-electron chi connectivity index (χ4n) is 3.14. The molecular formula is C18H25N3O. The minimum absolute atomic E-state index is 0.591. The van der Waals surface area contributed by atoms with Crippen LogP contribution in [0.1, 0.15) is 24.7 Å². The lowest BCUT2D eigenvalue weighted by atomic mass is 9.87. The number of hydrogen-bond donors (Lipinski definition) is 1. The van der Waals surface area contributed by atoms with E-state index >= 15 is 0 Å². The van der Waals surface area contributed by atoms with Crippen LogP contribution in [0.4, 0.5) is 0 Å². The van der Waals surface area contributed by atoms with E-state index in [0.717, 1.165) is 49.1 Å². The largest absolute Gasteiger partial charge is 0.359 e. The highest BCUT2D eigenvalue weighted by atomic mass is 16.5. The molecule has 0 spiro atoms. The molecule has 2 N–H and O–H groups in total. The van der Waals surface area contributed by atoms with Gasteiger partial charge in [-0.3, -0.25) is 4.90 Å². The fraction of sp³-hybridized carbons (Fsp3) is 0.500. The molecule has 118 valence electrons. The maximum Gasteiger partial charge on any atom is 0.151 e. The van der Waals surface area contributed by atoms with E-state index in [-0.39, 0.29) is 0 Å². The van der Waals surface area contributed by atoms with Crippen molar-refractivity contribution >= 4 is 0 Å². The molecule has 0 saturated carbocycles. The molecule has 1 aliphatic heterocycles. The number of rotatable bonds is 4. The number of nitrogens with two attached hydrogens (primary N) is 1. The van der Waals surface area contributed by atoms with Crippen LogP contribution in [-0.4, -0.2) is 29.7 Å². The van der Waals surface area contributed by atoms with Gasteiger partial charge < -0.3 is 10.3 Å². The van der Waals surface area contributed by atoms with Crippen molar-refractivity contribution in [1.82, 2.24) is 10.1 Å². The van der Waals surface area contributed by atoms with Gasteiger partial charge in [0, 0.05) is 18.2 Å². The lowest BCUT2D eigenvalue weighted by Crippen LogP contribution is -2.42. The van der Waals surface area contributed by atoms with Gasteiger partial charge in [-0.1, -0.05) is 41.9 Å². The Kier molecular flexibility index (Phi) is 4.60. The Morgan fingerprint density at radius 3 is 2.82 bits per heavy atom. The third-order valence-corrected chi connectivity index (χ3v) is 4.79. The topological polar surface area (TPSA) is 55.3 Å². The lowest BCUT2D eigenvalue weighted by Gasteiger charge is -2.35. The van der Waals surface area contributed by atoms with E-state index in [4.69, 9.17) is 10.3 Å². The van der Waals surface area contributed by atoms with Crippen LogP contribution >= 0.6 is 0 Å². The molecule has 0 bridgehead atoms. The van der Waals surface area contributed by atoms with Crippen molar-refractivity contribution < 1.29 is 4.52 Å². The van der Waals surface area contributed by atoms with Crippen molar-refractivity contribution in [3.8, 4) is 11.3 Å². The summed E-state index contributed by atoms with van der Waals surface area (Å²) in [4.78, 5) is 2.43. The van der Waals surface area contributed by atoms with Gasteiger partial charge >= 0.3 is 0 Å². The van der Waals surface area contributed by atoms with Crippen molar-refractivity contribution in [1.29, 1.82) is 0 Å². The molecule has 4 nitrogen and oxygen atoms in total. The van der Waals surface area contributed by atoms with Crippen molar-refractivity contribution in [2.45, 2.75) is 26.8 Å². The van der Waals surface area contributed by atoms with Gasteiger partial charge in [0.25, 0.3) is 0 Å². The summed E-state index contributed by atoms with van der Waals surface area (Å²) in [5.41, 5.74) is 9.15. The number of likely N-dealkylation sites (tertiary alicyclic amines) is 1. The van der Waals surface area contributed by atoms with Crippen LogP contribution in [0.2, 0.25) is 0 Å². The SMILES string of the molecule is Cc1ccc(-c2cc(CN3CCC(C)C(CN)C3)on2)cc1. The molecule has 1 aromatic heterocycles. The lowest BCUT2D eigenvalue weighted by molar-refractivity contribution is 0.116. The first-order valence-corrected chi connectivity index (χ1v) is 8.10. The van der Waals surface area contributed by atoms with Crippen molar-refractivity contribution in [2.75, 3.05) is 19.6 Å². The first-order valence-electron chi connectivity index (χ1n) is 8.10. The second-order valence-corrected chi connectivity index (χ2v) is 6.54. The zero-order chi connectivity index (χ0) is 15.5. The highest BCUT2D eigenvalue weighted by Gasteiger charge is 2.25. The standard InChI is InChI=1S/C18H25N3O/c1-13-3-5-15(6-4-13)18-9-17(22-20-18)12-21-8-7-14(2)16(10-19)11-21/h3-6,9,14,16H,7-8,10-12,19H2,1-2H3. The molecule has 0 aliphatic carbocycles. The summed E-state index contributed by atoms with van der Waals surface area (Å²) in [6, 6.07) is 10.4. The van der Waals surface area contributed by atoms with Crippen LogP contribution in [0.3, 0.4) is 0 Å². The highest BCUT2D eigenvalue weighted by Crippen LogP contribution is 2.25. The predicted molar refractivity (Wildman–Crippen MR) is 88.3 cm³/mol. The molecule has 2 unspecified atom stereocenters. The average molecular weight is 299 g/mol. The smallest absolute Gasteiger partial charge is 0.151 e. The number of piperidine rings is 1. The van der Waals surface area contributed by atoms with E-state index in [0.29, 0.717) is 5.92 Å². The first kappa shape index (κ1) is 15.3. The van der Waals surface area contributed by atoms with E-state index in [1.54, 1.807) is 0 Å². The van der Waals surface area contributed by atoms with Gasteiger partial charge in [0.05, 0.1) is 6.54 Å². The molecule has 0 radical (unpaired) electrons. The number of hydrogen-bond acceptors (Lipinski definition) is 4. The van der Waals surface area contributed by atoms with Gasteiger partial charge in [-0.05, 0) is 38.3 Å². The maximum absolute atomic E-state index is 5.88. The highest BCUT2D eigenvalue weighted by molar-refractivity contribution is 5.59. The summed E-state index contributed by atoms with van der Waals surface area (Å²) in [6.07, 6.45) is 1.21. The molecule has 2 atom stereocenters. The van der Waals surface area contributed by atoms with Crippen LogP contribution in [0, 0.1) is 18.8 Å². The van der Waals surface area contributed by atoms with Crippen LogP contribution in [0.5, 0.6) is 0 Å². The molecule has 1 aliphatic rings. The molecule has 2 heterocycles. The molecule has 3 rings (SSSR count). The molecular weight excluding hydrogens is 274 g/mol. The van der Waals surface area contributed by atoms with Crippen molar-refractivity contribution in [3.63, 3.8) is 0 Å². The van der Waals surface area contributed by atoms with Gasteiger partial charge in [0.15, 0.2) is 5.76 Å². The van der Waals surface area contributed by atoms with Gasteiger partial charge in [0.1, 0.15) is 5.69 Å². The second-order valence-electron chi connectivity index (χ2n) is 6.54. The maximum atomic E-state index is 5.88. The van der Waals surface area contributed by atoms with E-state index in [1.165, 1.54) is 12.0 Å². The van der Waals surface area contributed by atoms with Gasteiger partial charge in [-0.2, -0.15) is 0 Å². The predicted octanol–water partition coefficient (Wildman–Crippen LogP) is 3.07. The average Bonchev–Trinajstić information content (AvgIpc) is 2.98. The summed E-state index contributed by atoms with van der Waals surface area (Å²) >= 11 is 0. The summed E-state index contributed by atoms with van der Waals surface area (Å²) < 4.78 is 5.52. The molecule has 4 heteroatoms. The number of nitrogens with zero attached hydrogens (tertiary/aromatic N) is 2. The van der Waals surface area contributed by atoms with Crippen LogP contribution < -0.4 is 5.73 Å². The Labute approximate surface area is 132 Å². The minimum atomic E-state index is 0.591. The summed E-state index contributed by atoms with van der Waals surface area (Å²) in [5.74, 6) is 2.24. The number of aromatic nitrogens is 1. The van der Waals surface area contributed by atoms with Crippen LogP contribution in [0.25, 0.3) is 11.3 Å². The monoisotopic (exact) mass is 299 g/mol. The van der Waals surface area contributed by atoms with E-state index < -0.39 is 0 Å². The first-order chi connectivity index (χ1) is 10.7. The van der Waals surface area contributed by atoms with Gasteiger partial charge in [-0.25, -0.2) is 0 Å². The van der Waals surface area contributed by atoms with Crippen molar-refractivity contribution in [3.05, 3.63) is 41.7 Å². The number of aryl methyl sites for hydroxylation is 1. The Morgan fingerprint density at radius 2 is 2.09 bits per heavy atom. The molecule has 1 saturated heterocycles. The Bertz CT molecular complexity index is 605. The summed E-state index contributed by atoms with van der Waals surface area (Å²) in [6.45, 7) is 8.14.